The van der Waals surface area contributed by atoms with E-state index in [-0.39, 0.29) is 61.3 Å². The largest absolute Gasteiger partial charge is 0.480 e. The minimum absolute atomic E-state index is 0.0274. The maximum atomic E-state index is 12.7. The van der Waals surface area contributed by atoms with Crippen molar-refractivity contribution in [1.29, 1.82) is 0 Å². The molecule has 4 heterocycles. The van der Waals surface area contributed by atoms with Gasteiger partial charge < -0.3 is 30.0 Å². The third-order valence-electron chi connectivity index (χ3n) is 9.14. The predicted molar refractivity (Wildman–Crippen MR) is 143 cm³/mol. The number of aliphatic carboxylic acids is 1. The first-order valence-electron chi connectivity index (χ1n) is 15.0. The van der Waals surface area contributed by atoms with Crippen molar-refractivity contribution in [3.05, 3.63) is 0 Å². The number of carbonyl (C=O) groups excluding carboxylic acids is 3. The molecule has 12 nitrogen and oxygen atoms in total. The Morgan fingerprint density at radius 2 is 1.76 bits per heavy atom. The average Bonchev–Trinajstić information content (AvgIpc) is 3.13. The summed E-state index contributed by atoms with van der Waals surface area (Å²) < 4.78 is 18.3. The topological polar surface area (TPSA) is 159 Å². The Labute approximate surface area is 241 Å². The number of nitrogens with one attached hydrogen (secondary N) is 2. The first kappa shape index (κ1) is 31.7. The molecule has 4 saturated heterocycles. The molecule has 0 aromatic heterocycles. The molecule has 0 aromatic carbocycles. The van der Waals surface area contributed by atoms with Gasteiger partial charge in [-0.3, -0.25) is 14.4 Å². The van der Waals surface area contributed by atoms with E-state index in [9.17, 15) is 24.3 Å². The van der Waals surface area contributed by atoms with Crippen molar-refractivity contribution >= 4 is 23.8 Å². The van der Waals surface area contributed by atoms with Gasteiger partial charge >= 0.3 is 11.9 Å². The Bertz CT molecular complexity index is 991. The average molecular weight is 583 g/mol. The minimum Gasteiger partial charge on any atom is -0.480 e. The van der Waals surface area contributed by atoms with Gasteiger partial charge in [-0.1, -0.05) is 27.7 Å². The fourth-order valence-electron chi connectivity index (χ4n) is 6.94. The summed E-state index contributed by atoms with van der Waals surface area (Å²) in [5.74, 6) is -2.61. The van der Waals surface area contributed by atoms with Gasteiger partial charge in [0.25, 0.3) is 0 Å². The summed E-state index contributed by atoms with van der Waals surface area (Å²) in [7, 11) is 0. The van der Waals surface area contributed by atoms with Gasteiger partial charge in [0, 0.05) is 37.6 Å². The SMILES string of the molecule is CC(C)C[C@H](NC(=O)CCCNC(=O)CCC(=O)O[C@@H]1O[C@H]2O[C@@]3(C)CC[C@H]4[C@H](C)CC[C@H]([C@H]1C)[C@@]24OO3)C(=O)O. The van der Waals surface area contributed by atoms with Crippen molar-refractivity contribution in [2.75, 3.05) is 6.54 Å². The highest BCUT2D eigenvalue weighted by molar-refractivity contribution is 5.83. The zero-order chi connectivity index (χ0) is 29.9. The van der Waals surface area contributed by atoms with E-state index in [2.05, 4.69) is 17.6 Å². The van der Waals surface area contributed by atoms with Gasteiger partial charge in [0.2, 0.25) is 23.9 Å². The number of carboxylic acids is 1. The summed E-state index contributed by atoms with van der Waals surface area (Å²) >= 11 is 0. The molecule has 232 valence electrons. The summed E-state index contributed by atoms with van der Waals surface area (Å²) in [5, 5.41) is 14.5. The molecular weight excluding hydrogens is 536 g/mol. The molecule has 5 aliphatic rings. The lowest BCUT2D eigenvalue weighted by Crippen LogP contribution is -2.70. The Balaban J connectivity index is 1.21. The lowest BCUT2D eigenvalue weighted by Gasteiger charge is -2.59. The van der Waals surface area contributed by atoms with Crippen molar-refractivity contribution in [1.82, 2.24) is 10.6 Å². The first-order chi connectivity index (χ1) is 19.3. The summed E-state index contributed by atoms with van der Waals surface area (Å²) in [6.07, 6.45) is 2.56. The van der Waals surface area contributed by atoms with Crippen LogP contribution in [0.15, 0.2) is 0 Å². The number of amides is 2. The van der Waals surface area contributed by atoms with E-state index in [0.29, 0.717) is 25.2 Å². The Morgan fingerprint density at radius 1 is 1.00 bits per heavy atom. The zero-order valence-corrected chi connectivity index (χ0v) is 24.8. The quantitative estimate of drug-likeness (QED) is 0.177. The van der Waals surface area contributed by atoms with Gasteiger partial charge in [-0.2, -0.15) is 0 Å². The Hall–Kier alpha value is -2.28. The molecular formula is C29H46N2O10. The second kappa shape index (κ2) is 12.9. The van der Waals surface area contributed by atoms with E-state index in [0.717, 1.165) is 19.3 Å². The van der Waals surface area contributed by atoms with Crippen LogP contribution < -0.4 is 10.6 Å². The van der Waals surface area contributed by atoms with Crippen LogP contribution in [0.3, 0.4) is 0 Å². The van der Waals surface area contributed by atoms with Crippen molar-refractivity contribution in [2.45, 2.75) is 122 Å². The molecule has 9 atom stereocenters. The zero-order valence-electron chi connectivity index (χ0n) is 24.8. The standard InChI is InChI=1S/C29H46N2O10/c1-16(2)15-21(25(35)36)31-23(33)7-6-14-30-22(32)10-11-24(34)37-26-18(4)20-9-8-17(3)19-12-13-28(5)39-27(38-26)29(19,20)41-40-28/h16-21,26-27H,6-15H2,1-5H3,(H,30,32)(H,31,33)(H,35,36)/t17-,18-,19+,20-,21+,26-,27+,28-,29-/m1/s1. The van der Waals surface area contributed by atoms with Gasteiger partial charge in [0.15, 0.2) is 11.9 Å². The van der Waals surface area contributed by atoms with E-state index < -0.39 is 41.9 Å². The molecule has 1 saturated carbocycles. The lowest BCUT2D eigenvalue weighted by atomic mass is 9.58. The van der Waals surface area contributed by atoms with Crippen LogP contribution in [0.2, 0.25) is 0 Å². The van der Waals surface area contributed by atoms with Crippen molar-refractivity contribution < 1.29 is 48.3 Å². The maximum Gasteiger partial charge on any atom is 0.326 e. The summed E-state index contributed by atoms with van der Waals surface area (Å²) in [6, 6.07) is -0.930. The van der Waals surface area contributed by atoms with Crippen LogP contribution in [0.5, 0.6) is 0 Å². The van der Waals surface area contributed by atoms with Crippen LogP contribution in [-0.2, 0) is 43.2 Å². The molecule has 0 radical (unpaired) electrons. The summed E-state index contributed by atoms with van der Waals surface area (Å²) in [4.78, 5) is 60.3. The van der Waals surface area contributed by atoms with Crippen molar-refractivity contribution in [2.24, 2.45) is 29.6 Å². The third-order valence-corrected chi connectivity index (χ3v) is 9.14. The summed E-state index contributed by atoms with van der Waals surface area (Å²) in [5.41, 5.74) is -0.740. The monoisotopic (exact) mass is 582 g/mol. The molecule has 0 aromatic rings. The molecule has 5 rings (SSSR count). The molecule has 1 spiro atoms. The molecule has 12 heteroatoms. The number of hydrogen-bond acceptors (Lipinski definition) is 9. The molecule has 2 bridgehead atoms. The predicted octanol–water partition coefficient (Wildman–Crippen LogP) is 3.03. The Kier molecular flexibility index (Phi) is 9.98. The van der Waals surface area contributed by atoms with E-state index in [1.165, 1.54) is 0 Å². The molecule has 41 heavy (non-hydrogen) atoms. The number of carbonyl (C=O) groups is 4. The Morgan fingerprint density at radius 3 is 2.46 bits per heavy atom. The van der Waals surface area contributed by atoms with Gasteiger partial charge in [0.05, 0.1) is 6.42 Å². The second-order valence-electron chi connectivity index (χ2n) is 12.8. The van der Waals surface area contributed by atoms with Crippen LogP contribution in [0.1, 0.15) is 92.4 Å². The fourth-order valence-corrected chi connectivity index (χ4v) is 6.94. The number of fused-ring (bicyclic) bond motifs is 2. The van der Waals surface area contributed by atoms with Gasteiger partial charge in [0.1, 0.15) is 6.04 Å². The molecule has 2 amide bonds. The van der Waals surface area contributed by atoms with Crippen LogP contribution >= 0.6 is 0 Å². The van der Waals surface area contributed by atoms with Crippen molar-refractivity contribution in [3.8, 4) is 0 Å². The van der Waals surface area contributed by atoms with E-state index in [4.69, 9.17) is 24.0 Å². The highest BCUT2D eigenvalue weighted by Gasteiger charge is 2.69. The number of ether oxygens (including phenoxy) is 3. The highest BCUT2D eigenvalue weighted by atomic mass is 17.3. The van der Waals surface area contributed by atoms with Gasteiger partial charge in [-0.25, -0.2) is 14.6 Å². The lowest BCUT2D eigenvalue weighted by molar-refractivity contribution is -0.576. The van der Waals surface area contributed by atoms with E-state index in [1.807, 2.05) is 27.7 Å². The van der Waals surface area contributed by atoms with Crippen LogP contribution in [0.25, 0.3) is 0 Å². The first-order valence-corrected chi connectivity index (χ1v) is 15.0. The van der Waals surface area contributed by atoms with Gasteiger partial charge in [-0.15, -0.1) is 0 Å². The number of esters is 1. The molecule has 0 unspecified atom stereocenters. The van der Waals surface area contributed by atoms with Crippen LogP contribution in [0, 0.1) is 29.6 Å². The molecule has 3 N–H and O–H groups in total. The fraction of sp³-hybridized carbons (Fsp3) is 0.862. The maximum absolute atomic E-state index is 12.7. The van der Waals surface area contributed by atoms with Crippen molar-refractivity contribution in [3.63, 3.8) is 0 Å². The minimum atomic E-state index is -1.07. The molecule has 5 fully saturated rings. The smallest absolute Gasteiger partial charge is 0.326 e. The molecule has 1 aliphatic carbocycles. The second-order valence-corrected chi connectivity index (χ2v) is 12.8. The van der Waals surface area contributed by atoms with Crippen LogP contribution in [0.4, 0.5) is 0 Å². The van der Waals surface area contributed by atoms with Crippen LogP contribution in [-0.4, -0.2) is 65.4 Å². The highest BCUT2D eigenvalue weighted by Crippen LogP contribution is 2.60. The van der Waals surface area contributed by atoms with E-state index in [1.54, 1.807) is 0 Å². The van der Waals surface area contributed by atoms with E-state index >= 15 is 0 Å². The number of rotatable bonds is 12. The number of hydrogen-bond donors (Lipinski definition) is 3. The third kappa shape index (κ3) is 7.03. The summed E-state index contributed by atoms with van der Waals surface area (Å²) in [6.45, 7) is 10.1. The normalized spacial score (nSPS) is 36.5. The molecule has 4 aliphatic heterocycles. The number of carboxylic acid groups (broad SMARTS) is 1. The van der Waals surface area contributed by atoms with Gasteiger partial charge in [-0.05, 0) is 56.8 Å².